The third-order valence-corrected chi connectivity index (χ3v) is 2.88. The minimum absolute atomic E-state index is 0.199. The smallest absolute Gasteiger partial charge is 0.280 e. The summed E-state index contributed by atoms with van der Waals surface area (Å²) in [5.41, 5.74) is 6.94. The van der Waals surface area contributed by atoms with E-state index in [1.807, 2.05) is 6.92 Å². The number of thiazole rings is 1. The van der Waals surface area contributed by atoms with E-state index in [1.54, 1.807) is 13.1 Å². The highest BCUT2D eigenvalue weighted by atomic mass is 32.1. The van der Waals surface area contributed by atoms with E-state index >= 15 is 0 Å². The van der Waals surface area contributed by atoms with Gasteiger partial charge in [-0.2, -0.15) is 5.10 Å². The Labute approximate surface area is 95.9 Å². The number of H-pyrrole nitrogens is 1. The lowest BCUT2D eigenvalue weighted by atomic mass is 10.3. The Kier molecular flexibility index (Phi) is 2.61. The van der Waals surface area contributed by atoms with E-state index in [1.165, 1.54) is 11.3 Å². The van der Waals surface area contributed by atoms with Crippen LogP contribution in [0.3, 0.4) is 0 Å². The van der Waals surface area contributed by atoms with Crippen LogP contribution in [-0.2, 0) is 0 Å². The van der Waals surface area contributed by atoms with E-state index in [0.717, 1.165) is 4.88 Å². The number of carbonyl (C=O) groups excluding carboxylic acids is 1. The molecule has 4 N–H and O–H groups in total. The maximum absolute atomic E-state index is 11.8. The first-order valence-corrected chi connectivity index (χ1v) is 5.44. The molecule has 0 bridgehead atoms. The van der Waals surface area contributed by atoms with E-state index in [9.17, 15) is 4.79 Å². The quantitative estimate of drug-likeness (QED) is 0.733. The molecule has 6 nitrogen and oxygen atoms in total. The van der Waals surface area contributed by atoms with Crippen molar-refractivity contribution in [1.82, 2.24) is 15.2 Å². The average Bonchev–Trinajstić information content (AvgIpc) is 2.76. The molecule has 0 atom stereocenters. The van der Waals surface area contributed by atoms with Gasteiger partial charge in [-0.1, -0.05) is 0 Å². The zero-order chi connectivity index (χ0) is 11.7. The Morgan fingerprint density at radius 3 is 2.81 bits per heavy atom. The van der Waals surface area contributed by atoms with Crippen LogP contribution in [0.15, 0.2) is 6.20 Å². The highest BCUT2D eigenvalue weighted by molar-refractivity contribution is 7.15. The number of rotatable bonds is 2. The van der Waals surface area contributed by atoms with Crippen LogP contribution in [0, 0.1) is 13.8 Å². The van der Waals surface area contributed by atoms with Gasteiger partial charge in [0.25, 0.3) is 5.91 Å². The highest BCUT2D eigenvalue weighted by Crippen LogP contribution is 2.19. The summed E-state index contributed by atoms with van der Waals surface area (Å²) >= 11 is 1.40. The minimum atomic E-state index is -0.351. The lowest BCUT2D eigenvalue weighted by molar-refractivity contribution is 0.102. The van der Waals surface area contributed by atoms with Crippen molar-refractivity contribution in [2.75, 3.05) is 11.1 Å². The average molecular weight is 237 g/mol. The van der Waals surface area contributed by atoms with Crippen LogP contribution >= 0.6 is 11.3 Å². The molecule has 0 spiro atoms. The van der Waals surface area contributed by atoms with Crippen molar-refractivity contribution in [2.45, 2.75) is 13.8 Å². The Bertz CT molecular complexity index is 530. The molecule has 0 unspecified atom stereocenters. The second-order valence-electron chi connectivity index (χ2n) is 3.34. The number of anilines is 2. The van der Waals surface area contributed by atoms with E-state index in [4.69, 9.17) is 5.73 Å². The van der Waals surface area contributed by atoms with Gasteiger partial charge in [0.1, 0.15) is 0 Å². The van der Waals surface area contributed by atoms with Crippen molar-refractivity contribution < 1.29 is 4.79 Å². The number of hydrogen-bond acceptors (Lipinski definition) is 5. The maximum atomic E-state index is 11.8. The number of amides is 1. The molecule has 0 saturated carbocycles. The van der Waals surface area contributed by atoms with Gasteiger partial charge in [-0.25, -0.2) is 4.98 Å². The summed E-state index contributed by atoms with van der Waals surface area (Å²) in [6.45, 7) is 3.67. The van der Waals surface area contributed by atoms with Crippen molar-refractivity contribution in [3.63, 3.8) is 0 Å². The van der Waals surface area contributed by atoms with Gasteiger partial charge in [0, 0.05) is 11.1 Å². The van der Waals surface area contributed by atoms with Gasteiger partial charge in [-0.15, -0.1) is 11.3 Å². The minimum Gasteiger partial charge on any atom is -0.395 e. The van der Waals surface area contributed by atoms with Crippen molar-refractivity contribution >= 4 is 28.1 Å². The number of aryl methyl sites for hydroxylation is 2. The summed E-state index contributed by atoms with van der Waals surface area (Å²) in [6, 6.07) is 0. The van der Waals surface area contributed by atoms with E-state index in [2.05, 4.69) is 20.5 Å². The highest BCUT2D eigenvalue weighted by Gasteiger charge is 2.16. The molecule has 84 valence electrons. The lowest BCUT2D eigenvalue weighted by Gasteiger charge is -1.98. The first-order valence-electron chi connectivity index (χ1n) is 4.62. The number of nitrogens with one attached hydrogen (secondary N) is 2. The Morgan fingerprint density at radius 2 is 2.31 bits per heavy atom. The summed E-state index contributed by atoms with van der Waals surface area (Å²) in [4.78, 5) is 16.8. The van der Waals surface area contributed by atoms with Crippen LogP contribution in [-0.4, -0.2) is 21.1 Å². The number of nitrogens with zero attached hydrogens (tertiary/aromatic N) is 2. The molecule has 0 radical (unpaired) electrons. The van der Waals surface area contributed by atoms with Gasteiger partial charge in [0.2, 0.25) is 0 Å². The van der Waals surface area contributed by atoms with Crippen molar-refractivity contribution in [1.29, 1.82) is 0 Å². The van der Waals surface area contributed by atoms with Crippen LogP contribution < -0.4 is 11.1 Å². The van der Waals surface area contributed by atoms with Gasteiger partial charge in [0.15, 0.2) is 10.8 Å². The summed E-state index contributed by atoms with van der Waals surface area (Å²) in [5.74, 6) is -0.351. The van der Waals surface area contributed by atoms with Gasteiger partial charge in [0.05, 0.1) is 11.4 Å². The van der Waals surface area contributed by atoms with Crippen LogP contribution in [0.5, 0.6) is 0 Å². The van der Waals surface area contributed by atoms with E-state index in [-0.39, 0.29) is 11.6 Å². The second kappa shape index (κ2) is 3.93. The standard InChI is InChI=1S/C9H11N5OS/c1-4-3-11-9(16-4)12-8(15)7-6(10)5(2)13-14-7/h3H,10H2,1-2H3,(H,13,14)(H,11,12,15). The summed E-state index contributed by atoms with van der Waals surface area (Å²) in [5, 5.41) is 9.67. The number of nitrogens with two attached hydrogens (primary N) is 1. The molecule has 7 heteroatoms. The molecule has 1 amide bonds. The largest absolute Gasteiger partial charge is 0.395 e. The predicted octanol–water partition coefficient (Wildman–Crippen LogP) is 1.32. The number of hydrogen-bond donors (Lipinski definition) is 3. The van der Waals surface area contributed by atoms with Gasteiger partial charge >= 0.3 is 0 Å². The SMILES string of the molecule is Cc1cnc(NC(=O)c2n[nH]c(C)c2N)s1. The molecule has 0 saturated heterocycles. The molecule has 16 heavy (non-hydrogen) atoms. The fraction of sp³-hybridized carbons (Fsp3) is 0.222. The predicted molar refractivity (Wildman–Crippen MR) is 62.5 cm³/mol. The summed E-state index contributed by atoms with van der Waals surface area (Å²) in [6.07, 6.45) is 1.69. The van der Waals surface area contributed by atoms with Gasteiger partial charge < -0.3 is 5.73 Å². The maximum Gasteiger partial charge on any atom is 0.280 e. The fourth-order valence-corrected chi connectivity index (χ4v) is 1.84. The molecule has 0 aliphatic carbocycles. The molecular formula is C9H11N5OS. The fourth-order valence-electron chi connectivity index (χ4n) is 1.18. The molecular weight excluding hydrogens is 226 g/mol. The molecule has 0 aliphatic heterocycles. The van der Waals surface area contributed by atoms with E-state index < -0.39 is 0 Å². The molecule has 2 heterocycles. The summed E-state index contributed by atoms with van der Waals surface area (Å²) in [7, 11) is 0. The Morgan fingerprint density at radius 1 is 1.56 bits per heavy atom. The third kappa shape index (κ3) is 1.89. The number of carbonyl (C=O) groups is 1. The Hall–Kier alpha value is -1.89. The molecule has 0 aromatic carbocycles. The number of aromatic amines is 1. The molecule has 0 fully saturated rings. The van der Waals surface area contributed by atoms with Crippen LogP contribution in [0.4, 0.5) is 10.8 Å². The Balaban J connectivity index is 2.18. The van der Waals surface area contributed by atoms with E-state index in [0.29, 0.717) is 16.5 Å². The van der Waals surface area contributed by atoms with Gasteiger partial charge in [-0.3, -0.25) is 15.2 Å². The molecule has 0 aliphatic rings. The zero-order valence-electron chi connectivity index (χ0n) is 8.87. The lowest BCUT2D eigenvalue weighted by Crippen LogP contribution is -2.14. The van der Waals surface area contributed by atoms with Crippen molar-refractivity contribution in [3.05, 3.63) is 22.5 Å². The van der Waals surface area contributed by atoms with Gasteiger partial charge in [-0.05, 0) is 13.8 Å². The number of nitrogen functional groups attached to an aromatic ring is 1. The second-order valence-corrected chi connectivity index (χ2v) is 4.58. The monoisotopic (exact) mass is 237 g/mol. The molecule has 2 rings (SSSR count). The third-order valence-electron chi connectivity index (χ3n) is 2.05. The van der Waals surface area contributed by atoms with Crippen LogP contribution in [0.25, 0.3) is 0 Å². The van der Waals surface area contributed by atoms with Crippen LogP contribution in [0.2, 0.25) is 0 Å². The normalized spacial score (nSPS) is 10.4. The first-order chi connectivity index (χ1) is 7.58. The van der Waals surface area contributed by atoms with Crippen LogP contribution in [0.1, 0.15) is 21.1 Å². The van der Waals surface area contributed by atoms with Crippen molar-refractivity contribution in [3.8, 4) is 0 Å². The molecule has 2 aromatic heterocycles. The summed E-state index contributed by atoms with van der Waals surface area (Å²) < 4.78 is 0. The zero-order valence-corrected chi connectivity index (χ0v) is 9.68. The first kappa shape index (κ1) is 10.6. The topological polar surface area (TPSA) is 96.7 Å². The number of aromatic nitrogens is 3. The van der Waals surface area contributed by atoms with Crippen molar-refractivity contribution in [2.24, 2.45) is 0 Å². The molecule has 2 aromatic rings.